The monoisotopic (exact) mass is 346 g/mol. The Hall–Kier alpha value is -2.04. The van der Waals surface area contributed by atoms with Gasteiger partial charge in [-0.1, -0.05) is 20.8 Å². The van der Waals surface area contributed by atoms with Crippen molar-refractivity contribution >= 4 is 11.8 Å². The fraction of sp³-hybridized carbons (Fsp3) is 0.600. The summed E-state index contributed by atoms with van der Waals surface area (Å²) < 4.78 is 5.12. The van der Waals surface area contributed by atoms with Crippen LogP contribution in [-0.4, -0.2) is 43.0 Å². The van der Waals surface area contributed by atoms with Crippen LogP contribution in [0.2, 0.25) is 0 Å². The molecule has 0 radical (unpaired) electrons. The topological polar surface area (TPSA) is 58.6 Å². The standard InChI is InChI=1S/C20H30N2O3/c1-5-12-22(13-15-6-7-15)20(24)18(14(2)3)21-19(23)16-8-10-17(25-4)11-9-16/h8-11,14-15,18H,5-7,12-13H2,1-4H3,(H,21,23). The first-order valence-corrected chi connectivity index (χ1v) is 9.20. The number of nitrogens with zero attached hydrogens (tertiary/aromatic N) is 1. The van der Waals surface area contributed by atoms with E-state index in [4.69, 9.17) is 4.74 Å². The van der Waals surface area contributed by atoms with Gasteiger partial charge in [-0.05, 0) is 55.4 Å². The first-order valence-electron chi connectivity index (χ1n) is 9.20. The molecule has 1 aliphatic carbocycles. The quantitative estimate of drug-likeness (QED) is 0.747. The Kier molecular flexibility index (Phi) is 6.85. The minimum absolute atomic E-state index is 0.0330. The van der Waals surface area contributed by atoms with Crippen molar-refractivity contribution in [2.24, 2.45) is 11.8 Å². The molecule has 5 heteroatoms. The van der Waals surface area contributed by atoms with Crippen molar-refractivity contribution in [1.82, 2.24) is 10.2 Å². The lowest BCUT2D eigenvalue weighted by molar-refractivity contribution is -0.134. The second kappa shape index (κ2) is 8.88. The van der Waals surface area contributed by atoms with E-state index in [2.05, 4.69) is 12.2 Å². The summed E-state index contributed by atoms with van der Waals surface area (Å²) in [4.78, 5) is 27.5. The highest BCUT2D eigenvalue weighted by molar-refractivity contribution is 5.97. The molecular formula is C20H30N2O3. The zero-order valence-electron chi connectivity index (χ0n) is 15.7. The lowest BCUT2D eigenvalue weighted by Gasteiger charge is -2.30. The molecule has 0 aliphatic heterocycles. The third-order valence-electron chi connectivity index (χ3n) is 4.55. The molecule has 5 nitrogen and oxygen atoms in total. The van der Waals surface area contributed by atoms with Crippen molar-refractivity contribution < 1.29 is 14.3 Å². The third kappa shape index (κ3) is 5.48. The number of rotatable bonds is 9. The molecule has 0 bridgehead atoms. The fourth-order valence-corrected chi connectivity index (χ4v) is 2.85. The number of benzene rings is 1. The average molecular weight is 346 g/mol. The fourth-order valence-electron chi connectivity index (χ4n) is 2.85. The number of carbonyl (C=O) groups is 2. The maximum Gasteiger partial charge on any atom is 0.251 e. The molecule has 0 spiro atoms. The Balaban J connectivity index is 2.06. The summed E-state index contributed by atoms with van der Waals surface area (Å²) in [6, 6.07) is 6.42. The first kappa shape index (κ1) is 19.3. The van der Waals surface area contributed by atoms with Crippen LogP contribution in [0.3, 0.4) is 0 Å². The van der Waals surface area contributed by atoms with Gasteiger partial charge in [0.05, 0.1) is 7.11 Å². The molecule has 1 atom stereocenters. The predicted molar refractivity (Wildman–Crippen MR) is 98.7 cm³/mol. The highest BCUT2D eigenvalue weighted by Gasteiger charge is 2.32. The molecule has 1 aliphatic rings. The van der Waals surface area contributed by atoms with Crippen LogP contribution in [0.25, 0.3) is 0 Å². The number of amides is 2. The van der Waals surface area contributed by atoms with Gasteiger partial charge in [0, 0.05) is 18.7 Å². The molecule has 0 heterocycles. The predicted octanol–water partition coefficient (Wildman–Crippen LogP) is 3.10. The molecule has 138 valence electrons. The van der Waals surface area contributed by atoms with Gasteiger partial charge in [-0.15, -0.1) is 0 Å². The smallest absolute Gasteiger partial charge is 0.251 e. The van der Waals surface area contributed by atoms with Gasteiger partial charge in [0.2, 0.25) is 5.91 Å². The van der Waals surface area contributed by atoms with Crippen LogP contribution in [0.4, 0.5) is 0 Å². The van der Waals surface area contributed by atoms with E-state index in [1.807, 2.05) is 18.7 Å². The number of hydrogen-bond donors (Lipinski definition) is 1. The van der Waals surface area contributed by atoms with Crippen LogP contribution in [0.5, 0.6) is 5.75 Å². The van der Waals surface area contributed by atoms with Gasteiger partial charge >= 0.3 is 0 Å². The molecule has 1 aromatic carbocycles. The maximum absolute atomic E-state index is 13.0. The molecular weight excluding hydrogens is 316 g/mol. The molecule has 25 heavy (non-hydrogen) atoms. The van der Waals surface area contributed by atoms with Crippen molar-refractivity contribution in [3.05, 3.63) is 29.8 Å². The minimum Gasteiger partial charge on any atom is -0.497 e. The number of carbonyl (C=O) groups excluding carboxylic acids is 2. The van der Waals surface area contributed by atoms with E-state index in [-0.39, 0.29) is 17.7 Å². The van der Waals surface area contributed by atoms with E-state index in [9.17, 15) is 9.59 Å². The highest BCUT2D eigenvalue weighted by Crippen LogP contribution is 2.30. The summed E-state index contributed by atoms with van der Waals surface area (Å²) in [5.41, 5.74) is 0.531. The SMILES string of the molecule is CCCN(CC1CC1)C(=O)C(NC(=O)c1ccc(OC)cc1)C(C)C. The lowest BCUT2D eigenvalue weighted by Crippen LogP contribution is -2.51. The summed E-state index contributed by atoms with van der Waals surface area (Å²) in [5, 5.41) is 2.93. The molecule has 1 N–H and O–H groups in total. The molecule has 1 saturated carbocycles. The minimum atomic E-state index is -0.500. The van der Waals surface area contributed by atoms with E-state index >= 15 is 0 Å². The Morgan fingerprint density at radius 3 is 2.36 bits per heavy atom. The summed E-state index contributed by atoms with van der Waals surface area (Å²) in [5.74, 6) is 1.18. The lowest BCUT2D eigenvalue weighted by atomic mass is 10.0. The van der Waals surface area contributed by atoms with E-state index in [1.54, 1.807) is 31.4 Å². The molecule has 2 rings (SSSR count). The summed E-state index contributed by atoms with van der Waals surface area (Å²) in [7, 11) is 1.59. The van der Waals surface area contributed by atoms with Crippen molar-refractivity contribution in [3.8, 4) is 5.75 Å². The van der Waals surface area contributed by atoms with Crippen molar-refractivity contribution in [1.29, 1.82) is 0 Å². The number of hydrogen-bond acceptors (Lipinski definition) is 3. The molecule has 0 saturated heterocycles. The zero-order valence-corrected chi connectivity index (χ0v) is 15.7. The summed E-state index contributed by atoms with van der Waals surface area (Å²) >= 11 is 0. The second-order valence-corrected chi connectivity index (χ2v) is 7.15. The van der Waals surface area contributed by atoms with E-state index in [0.717, 1.165) is 19.5 Å². The van der Waals surface area contributed by atoms with Crippen LogP contribution < -0.4 is 10.1 Å². The van der Waals surface area contributed by atoms with Gasteiger partial charge in [0.1, 0.15) is 11.8 Å². The van der Waals surface area contributed by atoms with Crippen molar-refractivity contribution in [2.45, 2.75) is 46.1 Å². The Morgan fingerprint density at radius 1 is 1.24 bits per heavy atom. The largest absolute Gasteiger partial charge is 0.497 e. The van der Waals surface area contributed by atoms with Gasteiger partial charge < -0.3 is 15.0 Å². The zero-order chi connectivity index (χ0) is 18.4. The summed E-state index contributed by atoms with van der Waals surface area (Å²) in [6.45, 7) is 7.58. The molecule has 2 amide bonds. The molecule has 0 aromatic heterocycles. The van der Waals surface area contributed by atoms with E-state index in [1.165, 1.54) is 12.8 Å². The van der Waals surface area contributed by atoms with E-state index in [0.29, 0.717) is 17.2 Å². The third-order valence-corrected chi connectivity index (χ3v) is 4.55. The van der Waals surface area contributed by atoms with Gasteiger partial charge in [-0.25, -0.2) is 0 Å². The second-order valence-electron chi connectivity index (χ2n) is 7.15. The molecule has 1 aromatic rings. The van der Waals surface area contributed by atoms with Gasteiger partial charge in [0.25, 0.3) is 5.91 Å². The van der Waals surface area contributed by atoms with Gasteiger partial charge in [0.15, 0.2) is 0 Å². The number of nitrogens with one attached hydrogen (secondary N) is 1. The Morgan fingerprint density at radius 2 is 1.88 bits per heavy atom. The Labute approximate surface area is 150 Å². The normalized spacial score (nSPS) is 14.9. The van der Waals surface area contributed by atoms with Gasteiger partial charge in [-0.2, -0.15) is 0 Å². The average Bonchev–Trinajstić information content (AvgIpc) is 3.42. The number of ether oxygens (including phenoxy) is 1. The molecule has 1 fully saturated rings. The number of methoxy groups -OCH3 is 1. The highest BCUT2D eigenvalue weighted by atomic mass is 16.5. The Bertz CT molecular complexity index is 579. The van der Waals surface area contributed by atoms with Crippen LogP contribution >= 0.6 is 0 Å². The van der Waals surface area contributed by atoms with Crippen LogP contribution in [0, 0.1) is 11.8 Å². The van der Waals surface area contributed by atoms with Crippen molar-refractivity contribution in [3.63, 3.8) is 0 Å². The van der Waals surface area contributed by atoms with Gasteiger partial charge in [-0.3, -0.25) is 9.59 Å². The van der Waals surface area contributed by atoms with E-state index < -0.39 is 6.04 Å². The first-order chi connectivity index (χ1) is 12.0. The van der Waals surface area contributed by atoms with Crippen LogP contribution in [0.1, 0.15) is 50.4 Å². The van der Waals surface area contributed by atoms with Crippen LogP contribution in [0.15, 0.2) is 24.3 Å². The maximum atomic E-state index is 13.0. The van der Waals surface area contributed by atoms with Crippen LogP contribution in [-0.2, 0) is 4.79 Å². The van der Waals surface area contributed by atoms with Crippen molar-refractivity contribution in [2.75, 3.05) is 20.2 Å². The summed E-state index contributed by atoms with van der Waals surface area (Å²) in [6.07, 6.45) is 3.34. The molecule has 1 unspecified atom stereocenters.